The van der Waals surface area contributed by atoms with Crippen molar-refractivity contribution in [2.45, 2.75) is 6.54 Å². The maximum atomic E-state index is 7.97. The Morgan fingerprint density at radius 3 is 3.33 bits per heavy atom. The third-order valence-electron chi connectivity index (χ3n) is 0.782. The second kappa shape index (κ2) is 2.81. The van der Waals surface area contributed by atoms with Crippen molar-refractivity contribution in [3.8, 4) is 0 Å². The second-order valence-electron chi connectivity index (χ2n) is 1.38. The third-order valence-corrected chi connectivity index (χ3v) is 0.782. The molecule has 47 valence electrons. The monoisotopic (exact) mass is 125 g/mol. The first-order valence-corrected chi connectivity index (χ1v) is 2.35. The molecular weight excluding hydrogens is 120 g/mol. The zero-order valence-corrected chi connectivity index (χ0v) is 4.60. The molecule has 0 unspecified atom stereocenters. The van der Waals surface area contributed by atoms with Crippen molar-refractivity contribution in [2.24, 2.45) is 5.16 Å². The zero-order chi connectivity index (χ0) is 6.53. The number of nitrogens with zero attached hydrogens (tertiary/aromatic N) is 4. The molecule has 0 aliphatic heterocycles. The Balaban J connectivity index is 2.48. The highest BCUT2D eigenvalue weighted by molar-refractivity contribution is 5.55. The van der Waals surface area contributed by atoms with Crippen LogP contribution in [-0.2, 0) is 6.54 Å². The molecule has 1 aromatic heterocycles. The lowest BCUT2D eigenvalue weighted by atomic mass is 10.7. The van der Waals surface area contributed by atoms with Gasteiger partial charge in [0, 0.05) is 0 Å². The maximum absolute atomic E-state index is 7.97. The molecule has 0 saturated heterocycles. The van der Waals surface area contributed by atoms with E-state index >= 15 is 0 Å². The van der Waals surface area contributed by atoms with Crippen LogP contribution in [0.2, 0.25) is 0 Å². The summed E-state index contributed by atoms with van der Waals surface area (Å²) in [5, 5.41) is 17.7. The normalized spacial score (nSPS) is 10.7. The zero-order valence-electron chi connectivity index (χ0n) is 4.60. The van der Waals surface area contributed by atoms with Crippen molar-refractivity contribution in [1.82, 2.24) is 14.8 Å². The number of rotatable bonds is 2. The van der Waals surface area contributed by atoms with Gasteiger partial charge < -0.3 is 9.77 Å². The Morgan fingerprint density at radius 2 is 2.78 bits per heavy atom. The summed E-state index contributed by atoms with van der Waals surface area (Å²) in [7, 11) is 0. The highest BCUT2D eigenvalue weighted by Crippen LogP contribution is 1.75. The van der Waals surface area contributed by atoms with Crippen molar-refractivity contribution in [2.75, 3.05) is 0 Å². The molecule has 0 aliphatic carbocycles. The Labute approximate surface area is 51.6 Å². The highest BCUT2D eigenvalue weighted by Gasteiger charge is 1.84. The van der Waals surface area contributed by atoms with Gasteiger partial charge in [0.1, 0.15) is 6.33 Å². The fourth-order valence-corrected chi connectivity index (χ4v) is 0.410. The lowest BCUT2D eigenvalue weighted by molar-refractivity contribution is 0.320. The van der Waals surface area contributed by atoms with E-state index in [1.807, 2.05) is 0 Å². The van der Waals surface area contributed by atoms with E-state index < -0.39 is 0 Å². The molecule has 0 atom stereocenters. The molecule has 0 aliphatic rings. The summed E-state index contributed by atoms with van der Waals surface area (Å²) in [5.41, 5.74) is 0. The summed E-state index contributed by atoms with van der Waals surface area (Å²) in [6, 6.07) is 0. The first-order chi connectivity index (χ1) is 4.43. The molecule has 0 amide bonds. The number of aromatic nitrogens is 3. The van der Waals surface area contributed by atoms with E-state index in [1.54, 1.807) is 4.57 Å². The van der Waals surface area contributed by atoms with Gasteiger partial charge in [-0.25, -0.2) is 0 Å². The van der Waals surface area contributed by atoms with Gasteiger partial charge in [-0.05, 0) is 0 Å². The first-order valence-electron chi connectivity index (χ1n) is 2.35. The van der Waals surface area contributed by atoms with Crippen LogP contribution in [0.15, 0.2) is 11.5 Å². The Hall–Kier alpha value is -1.39. The van der Waals surface area contributed by atoms with Crippen LogP contribution in [0.1, 0.15) is 0 Å². The van der Waals surface area contributed by atoms with Crippen LogP contribution in [0.3, 0.4) is 0 Å². The molecular formula is C4H5N4O. The minimum Gasteiger partial charge on any atom is -0.411 e. The largest absolute Gasteiger partial charge is 0.411 e. The average Bonchev–Trinajstić information content (AvgIpc) is 2.34. The SMILES string of the molecule is ON=CCn1[c]nnc1. The van der Waals surface area contributed by atoms with E-state index in [2.05, 4.69) is 21.7 Å². The van der Waals surface area contributed by atoms with E-state index in [4.69, 9.17) is 5.21 Å². The molecule has 1 aromatic rings. The number of hydrogen-bond acceptors (Lipinski definition) is 4. The van der Waals surface area contributed by atoms with Gasteiger partial charge in [0.15, 0.2) is 0 Å². The Morgan fingerprint density at radius 1 is 1.89 bits per heavy atom. The molecule has 0 spiro atoms. The Bertz CT molecular complexity index is 180. The number of hydrogen-bond donors (Lipinski definition) is 1. The fraction of sp³-hybridized carbons (Fsp3) is 0.250. The van der Waals surface area contributed by atoms with Crippen molar-refractivity contribution in [3.63, 3.8) is 0 Å². The predicted octanol–water partition coefficient (Wildman–Crippen LogP) is -0.462. The van der Waals surface area contributed by atoms with Gasteiger partial charge in [-0.3, -0.25) is 0 Å². The van der Waals surface area contributed by atoms with Crippen molar-refractivity contribution in [3.05, 3.63) is 12.7 Å². The molecule has 1 N–H and O–H groups in total. The van der Waals surface area contributed by atoms with Crippen LogP contribution in [0.4, 0.5) is 0 Å². The molecule has 0 saturated carbocycles. The molecule has 0 aromatic carbocycles. The second-order valence-corrected chi connectivity index (χ2v) is 1.38. The van der Waals surface area contributed by atoms with Crippen LogP contribution >= 0.6 is 0 Å². The molecule has 9 heavy (non-hydrogen) atoms. The van der Waals surface area contributed by atoms with Gasteiger partial charge in [0.05, 0.1) is 12.8 Å². The fourth-order valence-electron chi connectivity index (χ4n) is 0.410. The smallest absolute Gasteiger partial charge is 0.202 e. The highest BCUT2D eigenvalue weighted by atomic mass is 16.4. The maximum Gasteiger partial charge on any atom is 0.202 e. The topological polar surface area (TPSA) is 63.3 Å². The molecule has 0 fully saturated rings. The summed E-state index contributed by atoms with van der Waals surface area (Å²) in [4.78, 5) is 0. The number of oxime groups is 1. The minimum absolute atomic E-state index is 0.448. The van der Waals surface area contributed by atoms with Crippen molar-refractivity contribution < 1.29 is 5.21 Å². The van der Waals surface area contributed by atoms with Crippen LogP contribution in [0.5, 0.6) is 0 Å². The Kier molecular flexibility index (Phi) is 1.79. The first kappa shape index (κ1) is 5.74. The third kappa shape index (κ3) is 1.52. The summed E-state index contributed by atoms with van der Waals surface area (Å²) in [6.45, 7) is 0.448. The van der Waals surface area contributed by atoms with Gasteiger partial charge >= 0.3 is 0 Å². The van der Waals surface area contributed by atoms with Crippen LogP contribution < -0.4 is 0 Å². The van der Waals surface area contributed by atoms with Gasteiger partial charge in [-0.2, -0.15) is 0 Å². The van der Waals surface area contributed by atoms with Crippen molar-refractivity contribution in [1.29, 1.82) is 0 Å². The predicted molar refractivity (Wildman–Crippen MR) is 29.1 cm³/mol. The van der Waals surface area contributed by atoms with Gasteiger partial charge in [0.2, 0.25) is 6.33 Å². The summed E-state index contributed by atoms with van der Waals surface area (Å²) in [6.07, 6.45) is 5.33. The van der Waals surface area contributed by atoms with Crippen LogP contribution in [-0.4, -0.2) is 26.2 Å². The summed E-state index contributed by atoms with van der Waals surface area (Å²) >= 11 is 0. The van der Waals surface area contributed by atoms with E-state index in [1.165, 1.54) is 12.5 Å². The van der Waals surface area contributed by atoms with Crippen molar-refractivity contribution >= 4 is 6.21 Å². The van der Waals surface area contributed by atoms with E-state index in [0.29, 0.717) is 6.54 Å². The average molecular weight is 125 g/mol. The quantitative estimate of drug-likeness (QED) is 0.330. The minimum atomic E-state index is 0.448. The van der Waals surface area contributed by atoms with E-state index in [9.17, 15) is 0 Å². The van der Waals surface area contributed by atoms with E-state index in [0.717, 1.165) is 0 Å². The van der Waals surface area contributed by atoms with Gasteiger partial charge in [0.25, 0.3) is 0 Å². The molecule has 1 heterocycles. The molecule has 5 heteroatoms. The van der Waals surface area contributed by atoms with Crippen LogP contribution in [0.25, 0.3) is 0 Å². The van der Waals surface area contributed by atoms with Gasteiger partial charge in [-0.1, -0.05) is 0 Å². The molecule has 1 radical (unpaired) electrons. The molecule has 1 rings (SSSR count). The van der Waals surface area contributed by atoms with Crippen LogP contribution in [0, 0.1) is 6.33 Å². The van der Waals surface area contributed by atoms with E-state index in [-0.39, 0.29) is 0 Å². The lowest BCUT2D eigenvalue weighted by Crippen LogP contribution is -1.94. The summed E-state index contributed by atoms with van der Waals surface area (Å²) in [5.74, 6) is 0. The lowest BCUT2D eigenvalue weighted by Gasteiger charge is -1.86. The molecule has 5 nitrogen and oxygen atoms in total. The summed E-state index contributed by atoms with van der Waals surface area (Å²) < 4.78 is 1.56. The standard InChI is InChI=1S/C4H5N4O/c9-7-1-2-8-3-5-6-4-8/h1,3,9H,2H2. The molecule has 0 bridgehead atoms. The van der Waals surface area contributed by atoms with Gasteiger partial charge in [-0.15, -0.1) is 15.4 Å².